The molecule has 1 unspecified atom stereocenters. The van der Waals surface area contributed by atoms with Crippen molar-refractivity contribution in [3.63, 3.8) is 0 Å². The van der Waals surface area contributed by atoms with Crippen LogP contribution in [0.4, 0.5) is 5.82 Å². The van der Waals surface area contributed by atoms with E-state index in [4.69, 9.17) is 5.10 Å². The Labute approximate surface area is 161 Å². The number of carbonyl (C=O) groups excluding carboxylic acids is 1. The van der Waals surface area contributed by atoms with Gasteiger partial charge in [-0.15, -0.1) is 10.2 Å². The van der Waals surface area contributed by atoms with Gasteiger partial charge in [-0.1, -0.05) is 62.1 Å². The molecule has 1 aromatic carbocycles. The average molecular weight is 388 g/mol. The van der Waals surface area contributed by atoms with Gasteiger partial charge in [-0.05, 0) is 19.1 Å². The molecule has 6 nitrogen and oxygen atoms in total. The quantitative estimate of drug-likeness (QED) is 0.666. The number of nitrogens with one attached hydrogen (secondary N) is 1. The Morgan fingerprint density at radius 2 is 2.00 bits per heavy atom. The van der Waals surface area contributed by atoms with E-state index in [-0.39, 0.29) is 16.6 Å². The molecule has 136 valence electrons. The summed E-state index contributed by atoms with van der Waals surface area (Å²) in [6.07, 6.45) is 0. The van der Waals surface area contributed by atoms with Gasteiger partial charge in [0.25, 0.3) is 0 Å². The number of carbonyl (C=O) groups is 1. The van der Waals surface area contributed by atoms with Crippen molar-refractivity contribution in [3.8, 4) is 5.69 Å². The van der Waals surface area contributed by atoms with E-state index < -0.39 is 0 Å². The minimum Gasteiger partial charge on any atom is -0.310 e. The molecular weight excluding hydrogens is 366 g/mol. The number of benzene rings is 1. The second-order valence-corrected chi connectivity index (χ2v) is 9.29. The van der Waals surface area contributed by atoms with Crippen molar-refractivity contribution >= 4 is 34.8 Å². The highest BCUT2D eigenvalue weighted by molar-refractivity contribution is 8.02. The largest absolute Gasteiger partial charge is 0.310 e. The van der Waals surface area contributed by atoms with Crippen molar-refractivity contribution in [2.45, 2.75) is 42.7 Å². The standard InChI is InChI=1S/C18H21N5OS2/c1-12(26-17-21-19-11-25-17)16(24)20-15-10-14(18(2,3)4)22-23(15)13-8-6-5-7-9-13/h5-12H,1-4H3,(H,20,24). The van der Waals surface area contributed by atoms with Crippen LogP contribution in [0.1, 0.15) is 33.4 Å². The maximum absolute atomic E-state index is 12.7. The van der Waals surface area contributed by atoms with Crippen LogP contribution in [-0.2, 0) is 10.2 Å². The van der Waals surface area contributed by atoms with Crippen LogP contribution in [0, 0.1) is 0 Å². The van der Waals surface area contributed by atoms with E-state index in [9.17, 15) is 4.79 Å². The maximum atomic E-state index is 12.7. The van der Waals surface area contributed by atoms with Gasteiger partial charge < -0.3 is 5.32 Å². The first-order valence-corrected chi connectivity index (χ1v) is 10.00. The number of hydrogen-bond donors (Lipinski definition) is 1. The number of para-hydroxylation sites is 1. The van der Waals surface area contributed by atoms with E-state index >= 15 is 0 Å². The fourth-order valence-corrected chi connectivity index (χ4v) is 3.88. The van der Waals surface area contributed by atoms with Gasteiger partial charge >= 0.3 is 0 Å². The third-order valence-electron chi connectivity index (χ3n) is 3.72. The summed E-state index contributed by atoms with van der Waals surface area (Å²) in [4.78, 5) is 12.7. The first-order chi connectivity index (χ1) is 12.3. The second kappa shape index (κ2) is 7.59. The Morgan fingerprint density at radius 1 is 1.27 bits per heavy atom. The molecule has 3 aromatic rings. The monoisotopic (exact) mass is 387 g/mol. The molecule has 0 fully saturated rings. The predicted octanol–water partition coefficient (Wildman–Crippen LogP) is 4.14. The minimum atomic E-state index is -0.292. The van der Waals surface area contributed by atoms with Gasteiger partial charge in [-0.25, -0.2) is 4.68 Å². The molecule has 0 saturated carbocycles. The molecule has 8 heteroatoms. The molecule has 26 heavy (non-hydrogen) atoms. The summed E-state index contributed by atoms with van der Waals surface area (Å²) in [6.45, 7) is 8.16. The lowest BCUT2D eigenvalue weighted by atomic mass is 9.92. The van der Waals surface area contributed by atoms with Crippen LogP contribution < -0.4 is 5.32 Å². The Kier molecular flexibility index (Phi) is 5.43. The van der Waals surface area contributed by atoms with E-state index in [1.807, 2.05) is 43.3 Å². The average Bonchev–Trinajstić information content (AvgIpc) is 3.25. The summed E-state index contributed by atoms with van der Waals surface area (Å²) >= 11 is 2.82. The third-order valence-corrected chi connectivity index (χ3v) is 5.63. The van der Waals surface area contributed by atoms with E-state index in [0.29, 0.717) is 5.82 Å². The molecule has 2 heterocycles. The lowest BCUT2D eigenvalue weighted by molar-refractivity contribution is -0.115. The van der Waals surface area contributed by atoms with Gasteiger partial charge in [-0.2, -0.15) is 5.10 Å². The van der Waals surface area contributed by atoms with E-state index in [2.05, 4.69) is 36.3 Å². The Balaban J connectivity index is 1.86. The third kappa shape index (κ3) is 4.31. The molecule has 0 saturated heterocycles. The number of amides is 1. The maximum Gasteiger partial charge on any atom is 0.238 e. The number of hydrogen-bond acceptors (Lipinski definition) is 6. The van der Waals surface area contributed by atoms with Crippen molar-refractivity contribution in [2.75, 3.05) is 5.32 Å². The van der Waals surface area contributed by atoms with Crippen LogP contribution in [0.5, 0.6) is 0 Å². The normalized spacial score (nSPS) is 12.8. The predicted molar refractivity (Wildman–Crippen MR) is 106 cm³/mol. The highest BCUT2D eigenvalue weighted by atomic mass is 32.2. The van der Waals surface area contributed by atoms with Crippen molar-refractivity contribution < 1.29 is 4.79 Å². The summed E-state index contributed by atoms with van der Waals surface area (Å²) in [5, 5.41) is 15.2. The van der Waals surface area contributed by atoms with Crippen LogP contribution >= 0.6 is 23.1 Å². The zero-order chi connectivity index (χ0) is 18.7. The summed E-state index contributed by atoms with van der Waals surface area (Å²) in [5.41, 5.74) is 3.36. The van der Waals surface area contributed by atoms with Gasteiger partial charge in [0.2, 0.25) is 5.91 Å². The topological polar surface area (TPSA) is 72.7 Å². The zero-order valence-electron chi connectivity index (χ0n) is 15.1. The van der Waals surface area contributed by atoms with Crippen molar-refractivity contribution in [1.29, 1.82) is 0 Å². The number of aromatic nitrogens is 4. The second-order valence-electron chi connectivity index (χ2n) is 6.87. The Hall–Kier alpha value is -2.19. The summed E-state index contributed by atoms with van der Waals surface area (Å²) in [5.74, 6) is 0.568. The van der Waals surface area contributed by atoms with Gasteiger partial charge in [0, 0.05) is 11.5 Å². The molecule has 2 aromatic heterocycles. The molecular formula is C18H21N5OS2. The first-order valence-electron chi connectivity index (χ1n) is 8.24. The Morgan fingerprint density at radius 3 is 2.62 bits per heavy atom. The van der Waals surface area contributed by atoms with Crippen molar-refractivity contribution in [2.24, 2.45) is 0 Å². The molecule has 0 aliphatic carbocycles. The van der Waals surface area contributed by atoms with E-state index in [0.717, 1.165) is 15.7 Å². The molecule has 1 amide bonds. The fraction of sp³-hybridized carbons (Fsp3) is 0.333. The fourth-order valence-electron chi connectivity index (χ4n) is 2.25. The number of anilines is 1. The zero-order valence-corrected chi connectivity index (χ0v) is 16.8. The van der Waals surface area contributed by atoms with E-state index in [1.54, 1.807) is 10.2 Å². The molecule has 1 atom stereocenters. The highest BCUT2D eigenvalue weighted by Gasteiger charge is 2.23. The number of rotatable bonds is 5. The van der Waals surface area contributed by atoms with Crippen LogP contribution in [0.25, 0.3) is 5.69 Å². The smallest absolute Gasteiger partial charge is 0.238 e. The van der Waals surface area contributed by atoms with Gasteiger partial charge in [0.15, 0.2) is 4.34 Å². The van der Waals surface area contributed by atoms with Gasteiger partial charge in [0.05, 0.1) is 16.6 Å². The molecule has 0 aliphatic heterocycles. The summed E-state index contributed by atoms with van der Waals surface area (Å²) in [6, 6.07) is 11.7. The van der Waals surface area contributed by atoms with Crippen LogP contribution in [0.15, 0.2) is 46.2 Å². The molecule has 0 spiro atoms. The minimum absolute atomic E-state index is 0.0947. The molecule has 0 aliphatic rings. The number of nitrogens with zero attached hydrogens (tertiary/aromatic N) is 4. The van der Waals surface area contributed by atoms with Gasteiger partial charge in [-0.3, -0.25) is 4.79 Å². The molecule has 3 rings (SSSR count). The van der Waals surface area contributed by atoms with Crippen molar-refractivity contribution in [3.05, 3.63) is 47.6 Å². The SMILES string of the molecule is CC(Sc1nncs1)C(=O)Nc1cc(C(C)(C)C)nn1-c1ccccc1. The number of thioether (sulfide) groups is 1. The van der Waals surface area contributed by atoms with Crippen molar-refractivity contribution in [1.82, 2.24) is 20.0 Å². The van der Waals surface area contributed by atoms with Crippen LogP contribution in [-0.4, -0.2) is 31.1 Å². The van der Waals surface area contributed by atoms with Crippen LogP contribution in [0.3, 0.4) is 0 Å². The highest BCUT2D eigenvalue weighted by Crippen LogP contribution is 2.28. The van der Waals surface area contributed by atoms with Crippen LogP contribution in [0.2, 0.25) is 0 Å². The lowest BCUT2D eigenvalue weighted by Crippen LogP contribution is -2.23. The lowest BCUT2D eigenvalue weighted by Gasteiger charge is -2.14. The molecule has 1 N–H and O–H groups in total. The van der Waals surface area contributed by atoms with Gasteiger partial charge in [0.1, 0.15) is 11.3 Å². The van der Waals surface area contributed by atoms with E-state index in [1.165, 1.54) is 23.1 Å². The first kappa shape index (κ1) is 18.6. The molecule has 0 bridgehead atoms. The molecule has 0 radical (unpaired) electrons. The Bertz CT molecular complexity index is 869. The summed E-state index contributed by atoms with van der Waals surface area (Å²) < 4.78 is 2.56. The summed E-state index contributed by atoms with van der Waals surface area (Å²) in [7, 11) is 0.